The molecule has 0 fully saturated rings. The molecule has 2 aromatic heterocycles. The molecule has 3 heterocycles. The van der Waals surface area contributed by atoms with E-state index in [1.54, 1.807) is 6.92 Å². The maximum absolute atomic E-state index is 12.5. The third kappa shape index (κ3) is 2.12. The summed E-state index contributed by atoms with van der Waals surface area (Å²) in [5, 5.41) is 3.99. The SMILES string of the molecule is Cc1noc(Cl)c1CC(=O)N1CCn2cccc2[C@H]1C. The van der Waals surface area contributed by atoms with Crippen molar-refractivity contribution in [1.29, 1.82) is 0 Å². The molecule has 2 aromatic rings. The highest BCUT2D eigenvalue weighted by molar-refractivity contribution is 6.29. The standard InChI is InChI=1S/C14H16ClN3O2/c1-9-11(14(15)20-16-9)8-13(19)18-7-6-17-5-3-4-12(17)10(18)2/h3-5,10H,6-8H2,1-2H3/t10-/m1/s1. The van der Waals surface area contributed by atoms with Crippen LogP contribution in [0.5, 0.6) is 0 Å². The van der Waals surface area contributed by atoms with Crippen molar-refractivity contribution in [2.75, 3.05) is 6.54 Å². The lowest BCUT2D eigenvalue weighted by Gasteiger charge is -2.35. The second-order valence-electron chi connectivity index (χ2n) is 5.09. The summed E-state index contributed by atoms with van der Waals surface area (Å²) < 4.78 is 7.08. The Morgan fingerprint density at radius 3 is 3.05 bits per heavy atom. The number of carbonyl (C=O) groups excluding carboxylic acids is 1. The fourth-order valence-electron chi connectivity index (χ4n) is 2.73. The van der Waals surface area contributed by atoms with E-state index in [-0.39, 0.29) is 23.6 Å². The van der Waals surface area contributed by atoms with Gasteiger partial charge in [0.05, 0.1) is 18.2 Å². The zero-order chi connectivity index (χ0) is 14.3. The molecule has 1 atom stereocenters. The number of halogens is 1. The van der Waals surface area contributed by atoms with E-state index in [2.05, 4.69) is 22.0 Å². The first-order chi connectivity index (χ1) is 9.58. The number of aryl methyl sites for hydroxylation is 1. The van der Waals surface area contributed by atoms with Crippen molar-refractivity contribution in [3.63, 3.8) is 0 Å². The van der Waals surface area contributed by atoms with E-state index < -0.39 is 0 Å². The molecule has 0 spiro atoms. The van der Waals surface area contributed by atoms with Gasteiger partial charge in [0.15, 0.2) is 0 Å². The highest BCUT2D eigenvalue weighted by Crippen LogP contribution is 2.27. The minimum absolute atomic E-state index is 0.0538. The van der Waals surface area contributed by atoms with Crippen LogP contribution in [0.4, 0.5) is 0 Å². The first-order valence-corrected chi connectivity index (χ1v) is 7.01. The van der Waals surface area contributed by atoms with Crippen molar-refractivity contribution in [2.24, 2.45) is 0 Å². The predicted molar refractivity (Wildman–Crippen MR) is 74.5 cm³/mol. The number of carbonyl (C=O) groups is 1. The van der Waals surface area contributed by atoms with Gasteiger partial charge in [0.2, 0.25) is 11.1 Å². The van der Waals surface area contributed by atoms with Gasteiger partial charge in [0.1, 0.15) is 0 Å². The first-order valence-electron chi connectivity index (χ1n) is 6.63. The molecule has 0 unspecified atom stereocenters. The molecular formula is C14H16ClN3O2. The van der Waals surface area contributed by atoms with Gasteiger partial charge in [-0.15, -0.1) is 0 Å². The van der Waals surface area contributed by atoms with Crippen molar-refractivity contribution in [3.05, 3.63) is 40.5 Å². The summed E-state index contributed by atoms with van der Waals surface area (Å²) >= 11 is 5.92. The van der Waals surface area contributed by atoms with Crippen LogP contribution in [0, 0.1) is 6.92 Å². The second-order valence-corrected chi connectivity index (χ2v) is 5.43. The number of fused-ring (bicyclic) bond motifs is 1. The summed E-state index contributed by atoms with van der Waals surface area (Å²) in [5.74, 6) is 0.0538. The van der Waals surface area contributed by atoms with Crippen LogP contribution in [0.25, 0.3) is 0 Å². The Balaban J connectivity index is 1.79. The molecule has 1 aliphatic heterocycles. The molecule has 1 amide bonds. The molecule has 0 radical (unpaired) electrons. The molecule has 0 saturated heterocycles. The molecule has 0 saturated carbocycles. The highest BCUT2D eigenvalue weighted by Gasteiger charge is 2.28. The van der Waals surface area contributed by atoms with Gasteiger partial charge in [0, 0.05) is 30.5 Å². The second kappa shape index (κ2) is 4.98. The van der Waals surface area contributed by atoms with Crippen LogP contribution in [-0.4, -0.2) is 27.1 Å². The third-order valence-corrected chi connectivity index (χ3v) is 4.22. The minimum Gasteiger partial charge on any atom is -0.348 e. The molecule has 0 N–H and O–H groups in total. The number of nitrogens with zero attached hydrogens (tertiary/aromatic N) is 3. The summed E-state index contributed by atoms with van der Waals surface area (Å²) in [4.78, 5) is 14.4. The fourth-order valence-corrected chi connectivity index (χ4v) is 2.97. The smallest absolute Gasteiger partial charge is 0.229 e. The number of hydrogen-bond acceptors (Lipinski definition) is 3. The Morgan fingerprint density at radius 1 is 1.55 bits per heavy atom. The van der Waals surface area contributed by atoms with E-state index in [0.717, 1.165) is 12.2 Å². The Bertz CT molecular complexity index is 627. The number of hydrogen-bond donors (Lipinski definition) is 0. The van der Waals surface area contributed by atoms with Gasteiger partial charge in [-0.3, -0.25) is 4.79 Å². The summed E-state index contributed by atoms with van der Waals surface area (Å²) in [6.45, 7) is 5.38. The van der Waals surface area contributed by atoms with E-state index in [0.29, 0.717) is 17.8 Å². The van der Waals surface area contributed by atoms with Crippen LogP contribution in [0.3, 0.4) is 0 Å². The Hall–Kier alpha value is -1.75. The van der Waals surface area contributed by atoms with E-state index >= 15 is 0 Å². The van der Waals surface area contributed by atoms with Crippen LogP contribution in [0.1, 0.15) is 29.9 Å². The van der Waals surface area contributed by atoms with Gasteiger partial charge in [-0.05, 0) is 37.6 Å². The lowest BCUT2D eigenvalue weighted by atomic mass is 10.1. The average Bonchev–Trinajstić information content (AvgIpc) is 3.01. The van der Waals surface area contributed by atoms with Crippen molar-refractivity contribution in [1.82, 2.24) is 14.6 Å². The van der Waals surface area contributed by atoms with E-state index in [9.17, 15) is 4.79 Å². The minimum atomic E-state index is 0.0538. The topological polar surface area (TPSA) is 51.3 Å². The molecule has 3 rings (SSSR count). The molecule has 5 nitrogen and oxygen atoms in total. The largest absolute Gasteiger partial charge is 0.348 e. The summed E-state index contributed by atoms with van der Waals surface area (Å²) in [5.41, 5.74) is 2.53. The number of rotatable bonds is 2. The summed E-state index contributed by atoms with van der Waals surface area (Å²) in [6.07, 6.45) is 2.29. The maximum atomic E-state index is 12.5. The summed E-state index contributed by atoms with van der Waals surface area (Å²) in [6, 6.07) is 4.15. The van der Waals surface area contributed by atoms with Gasteiger partial charge in [0.25, 0.3) is 0 Å². The molecule has 0 aliphatic carbocycles. The van der Waals surface area contributed by atoms with Crippen LogP contribution in [0.15, 0.2) is 22.9 Å². The van der Waals surface area contributed by atoms with Crippen molar-refractivity contribution in [3.8, 4) is 0 Å². The van der Waals surface area contributed by atoms with Crippen LogP contribution in [0.2, 0.25) is 5.22 Å². The van der Waals surface area contributed by atoms with Crippen LogP contribution >= 0.6 is 11.6 Å². The van der Waals surface area contributed by atoms with E-state index in [4.69, 9.17) is 16.1 Å². The molecule has 0 bridgehead atoms. The zero-order valence-electron chi connectivity index (χ0n) is 11.5. The van der Waals surface area contributed by atoms with Gasteiger partial charge in [-0.2, -0.15) is 0 Å². The first kappa shape index (κ1) is 13.2. The van der Waals surface area contributed by atoms with E-state index in [1.807, 2.05) is 17.9 Å². The zero-order valence-corrected chi connectivity index (χ0v) is 12.2. The van der Waals surface area contributed by atoms with E-state index in [1.165, 1.54) is 0 Å². The van der Waals surface area contributed by atoms with Gasteiger partial charge < -0.3 is 14.0 Å². The molecule has 6 heteroatoms. The van der Waals surface area contributed by atoms with Crippen molar-refractivity contribution in [2.45, 2.75) is 32.9 Å². The normalized spacial score (nSPS) is 18.1. The highest BCUT2D eigenvalue weighted by atomic mass is 35.5. The van der Waals surface area contributed by atoms with Crippen molar-refractivity contribution >= 4 is 17.5 Å². The predicted octanol–water partition coefficient (Wildman–Crippen LogP) is 2.58. The molecule has 106 valence electrons. The Labute approximate surface area is 122 Å². The van der Waals surface area contributed by atoms with Gasteiger partial charge >= 0.3 is 0 Å². The molecular weight excluding hydrogens is 278 g/mol. The number of amides is 1. The lowest BCUT2D eigenvalue weighted by Crippen LogP contribution is -2.41. The quantitative estimate of drug-likeness (QED) is 0.855. The van der Waals surface area contributed by atoms with Crippen LogP contribution < -0.4 is 0 Å². The number of aromatic nitrogens is 2. The maximum Gasteiger partial charge on any atom is 0.229 e. The molecule has 20 heavy (non-hydrogen) atoms. The van der Waals surface area contributed by atoms with Crippen molar-refractivity contribution < 1.29 is 9.32 Å². The Kier molecular flexibility index (Phi) is 3.30. The average molecular weight is 294 g/mol. The Morgan fingerprint density at radius 2 is 2.35 bits per heavy atom. The van der Waals surface area contributed by atoms with Gasteiger partial charge in [-0.25, -0.2) is 0 Å². The molecule has 0 aromatic carbocycles. The summed E-state index contributed by atoms with van der Waals surface area (Å²) in [7, 11) is 0. The van der Waals surface area contributed by atoms with Crippen LogP contribution in [-0.2, 0) is 17.8 Å². The lowest BCUT2D eigenvalue weighted by molar-refractivity contribution is -0.133. The monoisotopic (exact) mass is 293 g/mol. The molecule has 1 aliphatic rings. The third-order valence-electron chi connectivity index (χ3n) is 3.93. The van der Waals surface area contributed by atoms with Gasteiger partial charge in [-0.1, -0.05) is 5.16 Å². The fraction of sp³-hybridized carbons (Fsp3) is 0.429.